The third-order valence-corrected chi connectivity index (χ3v) is 7.59. The van der Waals surface area contributed by atoms with E-state index in [0.29, 0.717) is 17.8 Å². The molecule has 154 valence electrons. The van der Waals surface area contributed by atoms with Crippen LogP contribution < -0.4 is 5.73 Å². The van der Waals surface area contributed by atoms with Crippen LogP contribution in [0.3, 0.4) is 0 Å². The zero-order chi connectivity index (χ0) is 21.5. The molecule has 0 radical (unpaired) electrons. The maximum absolute atomic E-state index is 12.7. The minimum absolute atomic E-state index is 0.0142. The topological polar surface area (TPSA) is 110 Å². The fourth-order valence-corrected chi connectivity index (χ4v) is 5.60. The zero-order valence-electron chi connectivity index (χ0n) is 16.5. The van der Waals surface area contributed by atoms with Gasteiger partial charge in [0.1, 0.15) is 11.2 Å². The molecule has 2 aromatic rings. The Morgan fingerprint density at radius 1 is 1.33 bits per heavy atom. The van der Waals surface area contributed by atoms with Gasteiger partial charge in [-0.15, -0.1) is 0 Å². The Labute approximate surface area is 175 Å². The number of benzene rings is 1. The highest BCUT2D eigenvalue weighted by molar-refractivity contribution is 7.89. The van der Waals surface area contributed by atoms with Gasteiger partial charge in [0.15, 0.2) is 5.78 Å². The quantitative estimate of drug-likeness (QED) is 0.601. The van der Waals surface area contributed by atoms with Crippen LogP contribution in [-0.4, -0.2) is 42.3 Å². The van der Waals surface area contributed by atoms with E-state index >= 15 is 0 Å². The fourth-order valence-electron chi connectivity index (χ4n) is 4.11. The molecule has 9 heteroatoms. The van der Waals surface area contributed by atoms with Crippen molar-refractivity contribution in [3.8, 4) is 0 Å². The Morgan fingerprint density at radius 3 is 2.80 bits per heavy atom. The van der Waals surface area contributed by atoms with Crippen LogP contribution in [0.4, 0.5) is 5.69 Å². The molecule has 30 heavy (non-hydrogen) atoms. The molecule has 1 aliphatic carbocycles. The van der Waals surface area contributed by atoms with Gasteiger partial charge in [-0.2, -0.15) is 0 Å². The lowest BCUT2D eigenvalue weighted by molar-refractivity contribution is 0.0988. The van der Waals surface area contributed by atoms with Crippen molar-refractivity contribution in [3.63, 3.8) is 0 Å². The molecule has 4 rings (SSSR count). The first-order valence-electron chi connectivity index (χ1n) is 9.55. The van der Waals surface area contributed by atoms with Crippen LogP contribution in [0.1, 0.15) is 40.0 Å². The molecule has 2 aliphatic rings. The summed E-state index contributed by atoms with van der Waals surface area (Å²) in [6.07, 6.45) is 3.74. The lowest BCUT2D eigenvalue weighted by Crippen LogP contribution is -2.52. The molecule has 1 spiro atoms. The van der Waals surface area contributed by atoms with E-state index in [1.807, 2.05) is 18.2 Å². The fraction of sp³-hybridized carbons (Fsp3) is 0.333. The number of ketones is 1. The number of sulfonamides is 1. The summed E-state index contributed by atoms with van der Waals surface area (Å²) in [7, 11) is -2.16. The van der Waals surface area contributed by atoms with Gasteiger partial charge >= 0.3 is 0 Å². The number of carbonyl (C=O) groups is 1. The van der Waals surface area contributed by atoms with Crippen LogP contribution in [0.2, 0.25) is 0 Å². The van der Waals surface area contributed by atoms with Gasteiger partial charge in [-0.3, -0.25) is 9.78 Å². The summed E-state index contributed by atoms with van der Waals surface area (Å²) in [5.41, 5.74) is 8.33. The Bertz CT molecular complexity index is 1200. The van der Waals surface area contributed by atoms with Crippen molar-refractivity contribution in [2.45, 2.75) is 31.2 Å². The van der Waals surface area contributed by atoms with Gasteiger partial charge in [0, 0.05) is 19.7 Å². The number of aryl methyl sites for hydroxylation is 1. The van der Waals surface area contributed by atoms with E-state index in [4.69, 9.17) is 12.3 Å². The molecule has 1 aromatic heterocycles. The van der Waals surface area contributed by atoms with Crippen LogP contribution >= 0.6 is 0 Å². The molecule has 2 heterocycles. The molecule has 0 saturated carbocycles. The van der Waals surface area contributed by atoms with Crippen molar-refractivity contribution in [1.82, 2.24) is 9.29 Å². The van der Waals surface area contributed by atoms with Gasteiger partial charge in [0.2, 0.25) is 21.7 Å². The highest BCUT2D eigenvalue weighted by Gasteiger charge is 2.45. The molecule has 8 nitrogen and oxygen atoms in total. The molecular formula is C21H21N5O3S. The number of carbonyl (C=O) groups excluding carboxylic acids is 1. The van der Waals surface area contributed by atoms with E-state index in [-0.39, 0.29) is 23.9 Å². The van der Waals surface area contributed by atoms with Crippen molar-refractivity contribution >= 4 is 27.5 Å². The highest BCUT2D eigenvalue weighted by Crippen LogP contribution is 2.42. The number of hydrogen-bond donors (Lipinski definition) is 1. The molecule has 1 aromatic carbocycles. The van der Waals surface area contributed by atoms with Gasteiger partial charge in [0.05, 0.1) is 12.3 Å². The molecular weight excluding hydrogens is 402 g/mol. The first-order chi connectivity index (χ1) is 14.2. The number of pyridine rings is 1. The number of aliphatic imine (C=N–C) groups is 1. The average molecular weight is 423 g/mol. The minimum atomic E-state index is -3.57. The molecule has 2 N–H and O–H groups in total. The third-order valence-electron chi connectivity index (χ3n) is 5.73. The summed E-state index contributed by atoms with van der Waals surface area (Å²) >= 11 is 0. The van der Waals surface area contributed by atoms with Crippen LogP contribution in [-0.2, 0) is 28.4 Å². The van der Waals surface area contributed by atoms with Crippen molar-refractivity contribution in [2.24, 2.45) is 10.7 Å². The molecule has 1 aliphatic heterocycles. The highest BCUT2D eigenvalue weighted by atomic mass is 32.2. The van der Waals surface area contributed by atoms with Gasteiger partial charge < -0.3 is 5.73 Å². The number of Topliss-reactive ketones (excluding diaryl/α,β-unsaturated/α-hetero) is 1. The maximum atomic E-state index is 12.7. The normalized spacial score (nSPS) is 22.1. The Hall–Kier alpha value is -3.25. The summed E-state index contributed by atoms with van der Waals surface area (Å²) in [5.74, 6) is -0.323. The van der Waals surface area contributed by atoms with Crippen LogP contribution in [0.15, 0.2) is 41.5 Å². The van der Waals surface area contributed by atoms with E-state index in [1.165, 1.54) is 13.2 Å². The minimum Gasteiger partial charge on any atom is -0.369 e. The van der Waals surface area contributed by atoms with Crippen molar-refractivity contribution in [1.29, 1.82) is 0 Å². The standard InChI is InChI=1S/C21H21N5O3S/c1-23-16-7-8-18(24-12-16)19(27)11-14-5-6-15-4-3-9-21(17(15)10-14)13-30(28,29)26(2)20(22)25-21/h5-8,10,12H,3-4,9,11,13H2,2H3,(H2,22,25)/t21-/m0/s1. The smallest absolute Gasteiger partial charge is 0.239 e. The predicted octanol–water partition coefficient (Wildman–Crippen LogP) is 2.18. The number of hydrogen-bond acceptors (Lipinski definition) is 6. The van der Waals surface area contributed by atoms with Gasteiger partial charge in [-0.1, -0.05) is 24.3 Å². The summed E-state index contributed by atoms with van der Waals surface area (Å²) in [4.78, 5) is 24.6. The van der Waals surface area contributed by atoms with Crippen molar-refractivity contribution < 1.29 is 13.2 Å². The Balaban J connectivity index is 1.69. The number of nitrogens with zero attached hydrogens (tertiary/aromatic N) is 4. The summed E-state index contributed by atoms with van der Waals surface area (Å²) in [6, 6.07) is 8.84. The predicted molar refractivity (Wildman–Crippen MR) is 113 cm³/mol. The molecule has 0 amide bonds. The molecule has 0 unspecified atom stereocenters. The Morgan fingerprint density at radius 2 is 2.13 bits per heavy atom. The number of fused-ring (bicyclic) bond motifs is 2. The molecule has 1 atom stereocenters. The number of aromatic nitrogens is 1. The second-order valence-corrected chi connectivity index (χ2v) is 9.68. The van der Waals surface area contributed by atoms with E-state index in [1.54, 1.807) is 12.1 Å². The monoisotopic (exact) mass is 423 g/mol. The van der Waals surface area contributed by atoms with Gasteiger partial charge in [-0.05, 0) is 42.0 Å². The van der Waals surface area contributed by atoms with E-state index < -0.39 is 15.6 Å². The van der Waals surface area contributed by atoms with Crippen molar-refractivity contribution in [3.05, 3.63) is 70.3 Å². The van der Waals surface area contributed by atoms with E-state index in [9.17, 15) is 13.2 Å². The molecule has 0 bridgehead atoms. The van der Waals surface area contributed by atoms with Crippen molar-refractivity contribution in [2.75, 3.05) is 12.8 Å². The lowest BCUT2D eigenvalue weighted by Gasteiger charge is -2.40. The first kappa shape index (κ1) is 20.0. The van der Waals surface area contributed by atoms with E-state index in [0.717, 1.165) is 33.8 Å². The summed E-state index contributed by atoms with van der Waals surface area (Å²) in [5, 5.41) is 0. The van der Waals surface area contributed by atoms with Crippen LogP contribution in [0.25, 0.3) is 4.85 Å². The molecule has 0 saturated heterocycles. The Kier molecular flexibility index (Phi) is 4.82. The number of nitrogens with two attached hydrogens (primary N) is 1. The van der Waals surface area contributed by atoms with Crippen LogP contribution in [0, 0.1) is 6.57 Å². The summed E-state index contributed by atoms with van der Waals surface area (Å²) in [6.45, 7) is 6.97. The number of guanidine groups is 1. The van der Waals surface area contributed by atoms with Gasteiger partial charge in [0.25, 0.3) is 0 Å². The van der Waals surface area contributed by atoms with Crippen LogP contribution in [0.5, 0.6) is 0 Å². The number of rotatable bonds is 3. The molecule has 0 fully saturated rings. The first-order valence-corrected chi connectivity index (χ1v) is 11.2. The zero-order valence-corrected chi connectivity index (χ0v) is 17.3. The second-order valence-electron chi connectivity index (χ2n) is 7.68. The average Bonchev–Trinajstić information content (AvgIpc) is 2.72. The third kappa shape index (κ3) is 3.44. The van der Waals surface area contributed by atoms with Gasteiger partial charge in [-0.25, -0.2) is 22.6 Å². The SMILES string of the molecule is [C-]#[N+]c1ccc(C(=O)Cc2ccc3c(c2)[C@]2(CCC3)CS(=O)(=O)N(C)C(N)=N2)nc1. The summed E-state index contributed by atoms with van der Waals surface area (Å²) < 4.78 is 26.3. The van der Waals surface area contributed by atoms with E-state index in [2.05, 4.69) is 14.8 Å². The largest absolute Gasteiger partial charge is 0.369 e. The lowest BCUT2D eigenvalue weighted by atomic mass is 9.77. The maximum Gasteiger partial charge on any atom is 0.239 e. The second kappa shape index (κ2) is 7.22.